The summed E-state index contributed by atoms with van der Waals surface area (Å²) in [7, 11) is 0. The van der Waals surface area contributed by atoms with E-state index in [0.29, 0.717) is 42.3 Å². The minimum absolute atomic E-state index is 0. The number of aliphatic imine (C=N–C) groups is 1. The Morgan fingerprint density at radius 3 is 2.68 bits per heavy atom. The van der Waals surface area contributed by atoms with Crippen LogP contribution in [0.1, 0.15) is 18.1 Å². The van der Waals surface area contributed by atoms with Crippen LogP contribution in [0.4, 0.5) is 10.1 Å². The average Bonchev–Trinajstić information content (AvgIpc) is 2.67. The van der Waals surface area contributed by atoms with Gasteiger partial charge in [0.05, 0.1) is 0 Å². The van der Waals surface area contributed by atoms with E-state index in [1.165, 1.54) is 6.07 Å². The molecule has 7 heteroatoms. The summed E-state index contributed by atoms with van der Waals surface area (Å²) in [5, 5.41) is 8.92. The second kappa shape index (κ2) is 12.7. The molecule has 0 bridgehead atoms. The molecule has 0 radical (unpaired) electrons. The van der Waals surface area contributed by atoms with Crippen molar-refractivity contribution in [2.75, 3.05) is 25.0 Å². The highest BCUT2D eigenvalue weighted by atomic mass is 127. The lowest BCUT2D eigenvalue weighted by Gasteiger charge is -2.11. The summed E-state index contributed by atoms with van der Waals surface area (Å²) >= 11 is 0. The Balaban J connectivity index is 0.00000392. The first kappa shape index (κ1) is 23.4. The van der Waals surface area contributed by atoms with Crippen LogP contribution >= 0.6 is 24.0 Å². The van der Waals surface area contributed by atoms with Gasteiger partial charge in [-0.25, -0.2) is 9.38 Å². The van der Waals surface area contributed by atoms with Crippen molar-refractivity contribution in [2.45, 2.75) is 13.3 Å². The third kappa shape index (κ3) is 7.96. The summed E-state index contributed by atoms with van der Waals surface area (Å²) in [5.41, 5.74) is 1.95. The first-order valence-electron chi connectivity index (χ1n) is 8.74. The summed E-state index contributed by atoms with van der Waals surface area (Å²) in [4.78, 5) is 16.3. The van der Waals surface area contributed by atoms with E-state index < -0.39 is 0 Å². The topological polar surface area (TPSA) is 65.5 Å². The van der Waals surface area contributed by atoms with Crippen LogP contribution in [-0.4, -0.2) is 31.5 Å². The maximum atomic E-state index is 13.6. The molecular weight excluding hydrogens is 470 g/mol. The van der Waals surface area contributed by atoms with Crippen LogP contribution in [0.15, 0.2) is 53.5 Å². The van der Waals surface area contributed by atoms with E-state index >= 15 is 0 Å². The third-order valence-corrected chi connectivity index (χ3v) is 3.68. The standard InChI is InChI=1S/C21H23FN4O.HI/c1-3-16-8-7-10-18(14-16)26-20(27)15-25-21(23-4-2)24-13-12-17-9-5-6-11-19(17)22;/h1,5-11,14H,4,12-13,15H2,2H3,(H,26,27)(H2,23,24,25);1H. The van der Waals surface area contributed by atoms with Gasteiger partial charge in [-0.15, -0.1) is 30.4 Å². The number of amides is 1. The summed E-state index contributed by atoms with van der Waals surface area (Å²) in [5.74, 6) is 2.54. The van der Waals surface area contributed by atoms with Crippen LogP contribution in [0.3, 0.4) is 0 Å². The molecule has 28 heavy (non-hydrogen) atoms. The molecule has 0 aliphatic carbocycles. The molecule has 1 amide bonds. The van der Waals surface area contributed by atoms with Gasteiger partial charge in [-0.05, 0) is 43.2 Å². The van der Waals surface area contributed by atoms with Gasteiger partial charge in [-0.2, -0.15) is 0 Å². The maximum absolute atomic E-state index is 13.6. The van der Waals surface area contributed by atoms with Gasteiger partial charge < -0.3 is 16.0 Å². The molecule has 0 saturated carbocycles. The first-order chi connectivity index (χ1) is 13.1. The van der Waals surface area contributed by atoms with Gasteiger partial charge in [-0.3, -0.25) is 4.79 Å². The lowest BCUT2D eigenvalue weighted by molar-refractivity contribution is -0.114. The van der Waals surface area contributed by atoms with Gasteiger partial charge in [0.1, 0.15) is 12.4 Å². The van der Waals surface area contributed by atoms with Gasteiger partial charge in [0.2, 0.25) is 5.91 Å². The number of terminal acetylenes is 1. The van der Waals surface area contributed by atoms with Crippen molar-refractivity contribution in [3.8, 4) is 12.3 Å². The Morgan fingerprint density at radius 1 is 1.18 bits per heavy atom. The van der Waals surface area contributed by atoms with E-state index in [1.807, 2.05) is 6.92 Å². The number of benzene rings is 2. The van der Waals surface area contributed by atoms with Crippen LogP contribution in [0.2, 0.25) is 0 Å². The van der Waals surface area contributed by atoms with Crippen molar-refractivity contribution in [3.05, 3.63) is 65.5 Å². The molecule has 0 aliphatic heterocycles. The van der Waals surface area contributed by atoms with Crippen molar-refractivity contribution in [2.24, 2.45) is 4.99 Å². The van der Waals surface area contributed by atoms with Gasteiger partial charge in [0.25, 0.3) is 0 Å². The van der Waals surface area contributed by atoms with Crippen molar-refractivity contribution in [1.82, 2.24) is 10.6 Å². The predicted octanol–water partition coefficient (Wildman–Crippen LogP) is 3.16. The van der Waals surface area contributed by atoms with Crippen molar-refractivity contribution in [3.63, 3.8) is 0 Å². The van der Waals surface area contributed by atoms with Gasteiger partial charge >= 0.3 is 0 Å². The van der Waals surface area contributed by atoms with Crippen LogP contribution < -0.4 is 16.0 Å². The molecular formula is C21H24FIN4O. The number of nitrogens with one attached hydrogen (secondary N) is 3. The Kier molecular flexibility index (Phi) is 10.7. The average molecular weight is 494 g/mol. The molecule has 148 valence electrons. The number of rotatable bonds is 7. The summed E-state index contributed by atoms with van der Waals surface area (Å²) in [6.07, 6.45) is 5.87. The number of carbonyl (C=O) groups excluding carboxylic acids is 1. The van der Waals surface area contributed by atoms with Crippen LogP contribution in [0, 0.1) is 18.2 Å². The fraction of sp³-hybridized carbons (Fsp3) is 0.238. The molecule has 2 aromatic carbocycles. The van der Waals surface area contributed by atoms with E-state index in [1.54, 1.807) is 42.5 Å². The number of carbonyl (C=O) groups is 1. The third-order valence-electron chi connectivity index (χ3n) is 3.68. The molecule has 0 fully saturated rings. The van der Waals surface area contributed by atoms with Gasteiger partial charge in [0.15, 0.2) is 5.96 Å². The molecule has 0 aliphatic rings. The molecule has 2 aromatic rings. The quantitative estimate of drug-likeness (QED) is 0.240. The smallest absolute Gasteiger partial charge is 0.246 e. The Labute approximate surface area is 182 Å². The number of halogens is 2. The lowest BCUT2D eigenvalue weighted by Crippen LogP contribution is -2.39. The molecule has 5 nitrogen and oxygen atoms in total. The van der Waals surface area contributed by atoms with E-state index in [0.717, 1.165) is 0 Å². The number of guanidine groups is 1. The Hall–Kier alpha value is -2.60. The molecule has 0 atom stereocenters. The number of nitrogens with zero attached hydrogens (tertiary/aromatic N) is 1. The number of hydrogen-bond donors (Lipinski definition) is 3. The molecule has 3 N–H and O–H groups in total. The monoisotopic (exact) mass is 494 g/mol. The molecule has 0 aromatic heterocycles. The molecule has 0 saturated heterocycles. The molecule has 0 unspecified atom stereocenters. The van der Waals surface area contributed by atoms with Gasteiger partial charge in [-0.1, -0.05) is 30.2 Å². The van der Waals surface area contributed by atoms with Crippen LogP contribution in [-0.2, 0) is 11.2 Å². The molecule has 2 rings (SSSR count). The fourth-order valence-electron chi connectivity index (χ4n) is 2.40. The molecule has 0 spiro atoms. The maximum Gasteiger partial charge on any atom is 0.246 e. The Bertz CT molecular complexity index is 848. The predicted molar refractivity (Wildman–Crippen MR) is 123 cm³/mol. The SMILES string of the molecule is C#Cc1cccc(NC(=O)CN=C(NCC)NCCc2ccccc2F)c1.I. The highest BCUT2D eigenvalue weighted by Crippen LogP contribution is 2.09. The zero-order valence-corrected chi connectivity index (χ0v) is 18.0. The van der Waals surface area contributed by atoms with E-state index in [4.69, 9.17) is 6.42 Å². The van der Waals surface area contributed by atoms with E-state index in [2.05, 4.69) is 26.9 Å². The fourth-order valence-corrected chi connectivity index (χ4v) is 2.40. The summed E-state index contributed by atoms with van der Waals surface area (Å²) in [6.45, 7) is 3.03. The number of anilines is 1. The second-order valence-electron chi connectivity index (χ2n) is 5.74. The minimum atomic E-state index is -0.254. The zero-order chi connectivity index (χ0) is 19.5. The Morgan fingerprint density at radius 2 is 1.96 bits per heavy atom. The molecule has 0 heterocycles. The minimum Gasteiger partial charge on any atom is -0.357 e. The second-order valence-corrected chi connectivity index (χ2v) is 5.74. The lowest BCUT2D eigenvalue weighted by atomic mass is 10.1. The van der Waals surface area contributed by atoms with Gasteiger partial charge in [0, 0.05) is 24.3 Å². The van der Waals surface area contributed by atoms with E-state index in [-0.39, 0.29) is 42.2 Å². The van der Waals surface area contributed by atoms with E-state index in [9.17, 15) is 9.18 Å². The highest BCUT2D eigenvalue weighted by Gasteiger charge is 2.05. The van der Waals surface area contributed by atoms with Crippen molar-refractivity contribution >= 4 is 41.5 Å². The van der Waals surface area contributed by atoms with Crippen molar-refractivity contribution < 1.29 is 9.18 Å². The largest absolute Gasteiger partial charge is 0.357 e. The van der Waals surface area contributed by atoms with Crippen molar-refractivity contribution in [1.29, 1.82) is 0 Å². The van der Waals surface area contributed by atoms with Crippen LogP contribution in [0.25, 0.3) is 0 Å². The first-order valence-corrected chi connectivity index (χ1v) is 8.74. The normalized spacial score (nSPS) is 10.4. The summed E-state index contributed by atoms with van der Waals surface area (Å²) in [6, 6.07) is 13.7. The summed E-state index contributed by atoms with van der Waals surface area (Å²) < 4.78 is 13.6. The number of hydrogen-bond acceptors (Lipinski definition) is 2. The highest BCUT2D eigenvalue weighted by molar-refractivity contribution is 14.0. The zero-order valence-electron chi connectivity index (χ0n) is 15.7. The van der Waals surface area contributed by atoms with Crippen LogP contribution in [0.5, 0.6) is 0 Å².